The number of amides is 3. The average Bonchev–Trinajstić information content (AvgIpc) is 3.44. The van der Waals surface area contributed by atoms with Crippen LogP contribution in [0.15, 0.2) is 47.4 Å². The van der Waals surface area contributed by atoms with Gasteiger partial charge in [0, 0.05) is 36.3 Å². The monoisotopic (exact) mass is 692 g/mol. The first kappa shape index (κ1) is 32.8. The highest BCUT2D eigenvalue weighted by molar-refractivity contribution is 6.30. The Morgan fingerprint density at radius 3 is 2.54 bits per heavy atom. The number of nitrogens with zero attached hydrogens (tertiary/aromatic N) is 8. The van der Waals surface area contributed by atoms with E-state index in [1.165, 1.54) is 47.5 Å². The van der Waals surface area contributed by atoms with Gasteiger partial charge in [-0.25, -0.2) is 23.8 Å². The maximum atomic E-state index is 13.7. The molecule has 1 saturated heterocycles. The van der Waals surface area contributed by atoms with E-state index in [0.29, 0.717) is 9.59 Å². The van der Waals surface area contributed by atoms with E-state index in [1.807, 2.05) is 0 Å². The lowest BCUT2D eigenvalue weighted by Crippen LogP contribution is -2.50. The molecule has 4 aromatic rings. The lowest BCUT2D eigenvalue weighted by atomic mass is 10.2. The minimum atomic E-state index is -5.04. The Hall–Kier alpha value is -5.17. The number of aromatic nitrogens is 7. The van der Waals surface area contributed by atoms with Gasteiger partial charge < -0.3 is 20.6 Å². The SMILES string of the molecule is O=C1CN(C(=O)c2nc(Cn3nc(-c4ccc(Cl)cc4)n(C[C@H](O)C(F)(F)F)c3=O)nn2-c2ncccc2C(=O)NC2CC2F)CCN1. The molecule has 6 rings (SSSR count). The largest absolute Gasteiger partial charge is 0.416 e. The number of halogens is 5. The summed E-state index contributed by atoms with van der Waals surface area (Å²) in [5, 5.41) is 23.7. The predicted molar refractivity (Wildman–Crippen MR) is 157 cm³/mol. The predicted octanol–water partition coefficient (Wildman–Crippen LogP) is 0.725. The number of aliphatic hydroxyl groups is 1. The summed E-state index contributed by atoms with van der Waals surface area (Å²) in [6.45, 7) is -1.82. The number of pyridine rings is 1. The molecule has 3 amide bonds. The molecule has 3 atom stereocenters. The fourth-order valence-electron chi connectivity index (χ4n) is 4.90. The van der Waals surface area contributed by atoms with Gasteiger partial charge in [0.15, 0.2) is 23.6 Å². The van der Waals surface area contributed by atoms with E-state index in [1.54, 1.807) is 0 Å². The fourth-order valence-corrected chi connectivity index (χ4v) is 5.02. The van der Waals surface area contributed by atoms with Crippen molar-refractivity contribution in [2.24, 2.45) is 0 Å². The number of rotatable bonds is 9. The van der Waals surface area contributed by atoms with Crippen LogP contribution < -0.4 is 16.3 Å². The number of hydrogen-bond acceptors (Lipinski definition) is 9. The molecular formula is C28H25ClF4N10O5. The molecule has 0 radical (unpaired) electrons. The highest BCUT2D eigenvalue weighted by Crippen LogP contribution is 2.27. The molecule has 1 aromatic carbocycles. The standard InChI is InChI=1S/C28H25ClF4N10O5/c29-15-5-3-14(4-6-15)22-39-42(27(48)41(22)11-19(44)28(31,32)33)12-20-37-24(26(47)40-9-8-34-21(45)13-40)43(38-20)23-16(2-1-7-35-23)25(46)36-18-10-17(18)30/h1-7,17-19,44H,8-13H2,(H,34,45)(H,36,46)/t17?,18?,19-/m0/s1. The summed E-state index contributed by atoms with van der Waals surface area (Å²) < 4.78 is 55.8. The number of carbonyl (C=O) groups excluding carboxylic acids is 3. The molecule has 0 bridgehead atoms. The lowest BCUT2D eigenvalue weighted by molar-refractivity contribution is -0.207. The van der Waals surface area contributed by atoms with Crippen LogP contribution in [0.2, 0.25) is 5.02 Å². The zero-order valence-corrected chi connectivity index (χ0v) is 25.3. The Labute approximate surface area is 272 Å². The second-order valence-electron chi connectivity index (χ2n) is 11.0. The van der Waals surface area contributed by atoms with Gasteiger partial charge >= 0.3 is 11.9 Å². The topological polar surface area (TPSA) is 182 Å². The maximum absolute atomic E-state index is 13.7. The summed E-state index contributed by atoms with van der Waals surface area (Å²) in [5.41, 5.74) is -0.952. The van der Waals surface area contributed by atoms with Crippen molar-refractivity contribution in [3.05, 3.63) is 75.3 Å². The van der Waals surface area contributed by atoms with Crippen LogP contribution >= 0.6 is 11.6 Å². The van der Waals surface area contributed by atoms with Gasteiger partial charge in [-0.05, 0) is 36.4 Å². The van der Waals surface area contributed by atoms with Gasteiger partial charge in [0.1, 0.15) is 19.3 Å². The van der Waals surface area contributed by atoms with Gasteiger partial charge in [-0.3, -0.25) is 19.0 Å². The van der Waals surface area contributed by atoms with Crippen LogP contribution in [0, 0.1) is 0 Å². The molecule has 3 N–H and O–H groups in total. The van der Waals surface area contributed by atoms with Crippen LogP contribution in [-0.2, 0) is 17.9 Å². The van der Waals surface area contributed by atoms with Crippen LogP contribution in [0.1, 0.15) is 33.2 Å². The number of nitrogens with one attached hydrogen (secondary N) is 2. The zero-order valence-electron chi connectivity index (χ0n) is 24.6. The van der Waals surface area contributed by atoms with Gasteiger partial charge in [-0.2, -0.15) is 17.9 Å². The molecule has 1 aliphatic heterocycles. The van der Waals surface area contributed by atoms with Crippen molar-refractivity contribution in [2.75, 3.05) is 19.6 Å². The molecule has 48 heavy (non-hydrogen) atoms. The third kappa shape index (κ3) is 6.77. The molecule has 2 unspecified atom stereocenters. The van der Waals surface area contributed by atoms with Gasteiger partial charge in [-0.1, -0.05) is 11.6 Å². The molecule has 1 saturated carbocycles. The van der Waals surface area contributed by atoms with Crippen LogP contribution in [-0.4, -0.2) is 106 Å². The zero-order chi connectivity index (χ0) is 34.3. The highest BCUT2D eigenvalue weighted by Gasteiger charge is 2.40. The Morgan fingerprint density at radius 1 is 1.15 bits per heavy atom. The third-order valence-electron chi connectivity index (χ3n) is 7.48. The molecule has 252 valence electrons. The summed E-state index contributed by atoms with van der Waals surface area (Å²) in [7, 11) is 0. The number of aliphatic hydroxyl groups excluding tert-OH is 1. The Bertz CT molecular complexity index is 1940. The Kier molecular flexibility index (Phi) is 8.73. The molecule has 1 aliphatic carbocycles. The minimum Gasteiger partial charge on any atom is -0.382 e. The molecule has 3 aromatic heterocycles. The summed E-state index contributed by atoms with van der Waals surface area (Å²) >= 11 is 5.95. The quantitative estimate of drug-likeness (QED) is 0.213. The van der Waals surface area contributed by atoms with E-state index < -0.39 is 66.8 Å². The van der Waals surface area contributed by atoms with Crippen LogP contribution in [0.4, 0.5) is 17.6 Å². The first-order valence-corrected chi connectivity index (χ1v) is 14.8. The number of hydrogen-bond donors (Lipinski definition) is 3. The lowest BCUT2D eigenvalue weighted by Gasteiger charge is -2.26. The molecule has 15 nitrogen and oxygen atoms in total. The van der Waals surface area contributed by atoms with E-state index in [2.05, 4.69) is 30.8 Å². The van der Waals surface area contributed by atoms with E-state index in [0.717, 1.165) is 9.36 Å². The van der Waals surface area contributed by atoms with E-state index in [-0.39, 0.29) is 54.6 Å². The maximum Gasteiger partial charge on any atom is 0.416 e. The summed E-state index contributed by atoms with van der Waals surface area (Å²) in [5.74, 6) is -2.97. The van der Waals surface area contributed by atoms with E-state index in [4.69, 9.17) is 11.6 Å². The number of piperazine rings is 1. The Morgan fingerprint density at radius 2 is 1.88 bits per heavy atom. The molecular weight excluding hydrogens is 668 g/mol. The van der Waals surface area contributed by atoms with Gasteiger partial charge in [0.25, 0.3) is 11.8 Å². The third-order valence-corrected chi connectivity index (χ3v) is 7.73. The second-order valence-corrected chi connectivity index (χ2v) is 11.4. The molecule has 0 spiro atoms. The van der Waals surface area contributed by atoms with E-state index in [9.17, 15) is 41.8 Å². The van der Waals surface area contributed by atoms with Crippen molar-refractivity contribution in [1.29, 1.82) is 0 Å². The fraction of sp³-hybridized carbons (Fsp3) is 0.357. The van der Waals surface area contributed by atoms with Crippen molar-refractivity contribution >= 4 is 29.3 Å². The smallest absolute Gasteiger partial charge is 0.382 e. The number of carbonyl (C=O) groups is 3. The number of alkyl halides is 4. The van der Waals surface area contributed by atoms with Crippen molar-refractivity contribution in [2.45, 2.75) is 44.0 Å². The average molecular weight is 693 g/mol. The van der Waals surface area contributed by atoms with Crippen molar-refractivity contribution in [1.82, 2.24) is 49.6 Å². The van der Waals surface area contributed by atoms with Gasteiger partial charge in [0.2, 0.25) is 11.7 Å². The first-order valence-electron chi connectivity index (χ1n) is 14.4. The Balaban J connectivity index is 1.42. The van der Waals surface area contributed by atoms with Crippen LogP contribution in [0.25, 0.3) is 17.2 Å². The summed E-state index contributed by atoms with van der Waals surface area (Å²) in [4.78, 5) is 61.9. The van der Waals surface area contributed by atoms with Crippen molar-refractivity contribution in [3.8, 4) is 17.2 Å². The van der Waals surface area contributed by atoms with Crippen LogP contribution in [0.3, 0.4) is 0 Å². The molecule has 4 heterocycles. The number of benzene rings is 1. The van der Waals surface area contributed by atoms with Crippen molar-refractivity contribution in [3.63, 3.8) is 0 Å². The minimum absolute atomic E-state index is 0.0916. The van der Waals surface area contributed by atoms with E-state index >= 15 is 0 Å². The summed E-state index contributed by atoms with van der Waals surface area (Å²) in [6.07, 6.45) is -7.71. The molecule has 20 heteroatoms. The van der Waals surface area contributed by atoms with Gasteiger partial charge in [-0.15, -0.1) is 10.2 Å². The molecule has 2 fully saturated rings. The normalized spacial score (nSPS) is 18.4. The first-order chi connectivity index (χ1) is 22.8. The second kappa shape index (κ2) is 12.8. The van der Waals surface area contributed by atoms with Gasteiger partial charge in [0.05, 0.1) is 18.2 Å². The van der Waals surface area contributed by atoms with Crippen molar-refractivity contribution < 1.29 is 37.1 Å². The summed E-state index contributed by atoms with van der Waals surface area (Å²) in [6, 6.07) is 7.82. The highest BCUT2D eigenvalue weighted by atomic mass is 35.5. The molecule has 2 aliphatic rings. The van der Waals surface area contributed by atoms with Crippen LogP contribution in [0.5, 0.6) is 0 Å².